The predicted octanol–water partition coefficient (Wildman–Crippen LogP) is 2.69. The Morgan fingerprint density at radius 1 is 1.04 bits per heavy atom. The number of hydrogen-bond acceptors (Lipinski definition) is 4. The van der Waals surface area contributed by atoms with E-state index in [9.17, 15) is 13.2 Å². The number of nitrogens with one attached hydrogen (secondary N) is 2. The number of carbonyl (C=O) groups is 1. The van der Waals surface area contributed by atoms with E-state index in [4.69, 9.17) is 4.74 Å². The van der Waals surface area contributed by atoms with Gasteiger partial charge >= 0.3 is 0 Å². The van der Waals surface area contributed by atoms with Gasteiger partial charge in [0.1, 0.15) is 5.75 Å². The first-order chi connectivity index (χ1) is 13.4. The van der Waals surface area contributed by atoms with Crippen LogP contribution >= 0.6 is 0 Å². The van der Waals surface area contributed by atoms with Gasteiger partial charge in [0.05, 0.1) is 11.5 Å². The van der Waals surface area contributed by atoms with Crippen molar-refractivity contribution in [2.45, 2.75) is 56.4 Å². The second kappa shape index (κ2) is 8.03. The average Bonchev–Trinajstić information content (AvgIpc) is 2.65. The highest BCUT2D eigenvalue weighted by Gasteiger charge is 2.48. The van der Waals surface area contributed by atoms with Crippen molar-refractivity contribution >= 4 is 15.9 Å². The van der Waals surface area contributed by atoms with Crippen LogP contribution in [-0.4, -0.2) is 33.5 Å². The summed E-state index contributed by atoms with van der Waals surface area (Å²) in [5.41, 5.74) is 0. The summed E-state index contributed by atoms with van der Waals surface area (Å²) in [4.78, 5) is 12.6. The maximum atomic E-state index is 12.4. The van der Waals surface area contributed by atoms with E-state index in [1.807, 2.05) is 6.92 Å². The normalized spacial score (nSPS) is 31.0. The van der Waals surface area contributed by atoms with Crippen molar-refractivity contribution in [3.63, 3.8) is 0 Å². The number of carbonyl (C=O) groups excluding carboxylic acids is 1. The van der Waals surface area contributed by atoms with Gasteiger partial charge in [-0.1, -0.05) is 0 Å². The molecule has 4 bridgehead atoms. The molecule has 0 radical (unpaired) electrons. The van der Waals surface area contributed by atoms with Gasteiger partial charge in [0, 0.05) is 19.0 Å². The van der Waals surface area contributed by atoms with E-state index in [2.05, 4.69) is 10.0 Å². The summed E-state index contributed by atoms with van der Waals surface area (Å²) in [5, 5.41) is 3.22. The molecule has 0 atom stereocenters. The van der Waals surface area contributed by atoms with Crippen molar-refractivity contribution in [2.75, 3.05) is 13.2 Å². The lowest BCUT2D eigenvalue weighted by molar-refractivity contribution is -0.124. The summed E-state index contributed by atoms with van der Waals surface area (Å²) >= 11 is 0. The SMILES string of the molecule is CCOc1ccc(S(=O)(=O)NCCC(=O)NC2C3CC4CC(C3)CC2C4)cc1. The number of hydrogen-bond donors (Lipinski definition) is 2. The summed E-state index contributed by atoms with van der Waals surface area (Å²) < 4.78 is 32.6. The predicted molar refractivity (Wildman–Crippen MR) is 106 cm³/mol. The fraction of sp³-hybridized carbons (Fsp3) is 0.667. The van der Waals surface area contributed by atoms with Crippen molar-refractivity contribution in [2.24, 2.45) is 23.7 Å². The first-order valence-electron chi connectivity index (χ1n) is 10.5. The van der Waals surface area contributed by atoms with Crippen molar-refractivity contribution in [1.82, 2.24) is 10.0 Å². The average molecular weight is 407 g/mol. The molecule has 4 saturated carbocycles. The minimum absolute atomic E-state index is 0.0492. The van der Waals surface area contributed by atoms with Crippen LogP contribution in [0, 0.1) is 23.7 Å². The molecule has 0 unspecified atom stereocenters. The Labute approximate surface area is 167 Å². The number of amides is 1. The minimum Gasteiger partial charge on any atom is -0.494 e. The first kappa shape index (κ1) is 19.7. The highest BCUT2D eigenvalue weighted by atomic mass is 32.2. The van der Waals surface area contributed by atoms with Gasteiger partial charge in [-0.05, 0) is 87.0 Å². The van der Waals surface area contributed by atoms with Crippen LogP contribution in [0.5, 0.6) is 5.75 Å². The van der Waals surface area contributed by atoms with Crippen LogP contribution in [0.15, 0.2) is 29.2 Å². The van der Waals surface area contributed by atoms with Crippen LogP contribution in [0.4, 0.5) is 0 Å². The van der Waals surface area contributed by atoms with E-state index in [0.29, 0.717) is 30.2 Å². The summed E-state index contributed by atoms with van der Waals surface area (Å²) in [5.74, 6) is 3.58. The lowest BCUT2D eigenvalue weighted by Gasteiger charge is -2.54. The van der Waals surface area contributed by atoms with Crippen LogP contribution in [-0.2, 0) is 14.8 Å². The number of sulfonamides is 1. The summed E-state index contributed by atoms with van der Waals surface area (Å²) in [7, 11) is -3.62. The molecular formula is C21H30N2O4S. The lowest BCUT2D eigenvalue weighted by atomic mass is 9.54. The Morgan fingerprint density at radius 2 is 1.64 bits per heavy atom. The van der Waals surface area contributed by atoms with E-state index < -0.39 is 10.0 Å². The monoisotopic (exact) mass is 406 g/mol. The van der Waals surface area contributed by atoms with Gasteiger partial charge in [0.25, 0.3) is 0 Å². The summed E-state index contributed by atoms with van der Waals surface area (Å²) in [6.45, 7) is 2.51. The van der Waals surface area contributed by atoms with Gasteiger partial charge < -0.3 is 10.1 Å². The Hall–Kier alpha value is -1.60. The fourth-order valence-corrected chi connectivity index (χ4v) is 6.71. The zero-order valence-corrected chi connectivity index (χ0v) is 17.2. The lowest BCUT2D eigenvalue weighted by Crippen LogP contribution is -2.56. The molecule has 2 N–H and O–H groups in total. The quantitative estimate of drug-likeness (QED) is 0.695. The molecule has 6 nitrogen and oxygen atoms in total. The Morgan fingerprint density at radius 3 is 2.21 bits per heavy atom. The second-order valence-corrected chi connectivity index (χ2v) is 10.3. The largest absolute Gasteiger partial charge is 0.494 e. The van der Waals surface area contributed by atoms with Gasteiger partial charge in [-0.15, -0.1) is 0 Å². The first-order valence-corrected chi connectivity index (χ1v) is 11.9. The van der Waals surface area contributed by atoms with E-state index in [-0.39, 0.29) is 23.8 Å². The second-order valence-electron chi connectivity index (χ2n) is 8.58. The van der Waals surface area contributed by atoms with Crippen LogP contribution in [0.25, 0.3) is 0 Å². The van der Waals surface area contributed by atoms with Crippen molar-refractivity contribution < 1.29 is 17.9 Å². The Bertz CT molecular complexity index is 778. The standard InChI is InChI=1S/C21H30N2O4S/c1-2-27-18-3-5-19(6-4-18)28(25,26)22-8-7-20(24)23-21-16-10-14-9-15(12-16)13-17(21)11-14/h3-6,14-17,21-22H,2,7-13H2,1H3,(H,23,24). The number of rotatable bonds is 8. The molecule has 5 rings (SSSR count). The molecule has 0 saturated heterocycles. The van der Waals surface area contributed by atoms with E-state index >= 15 is 0 Å². The van der Waals surface area contributed by atoms with Crippen LogP contribution in [0.1, 0.15) is 45.4 Å². The molecule has 1 amide bonds. The van der Waals surface area contributed by atoms with Gasteiger partial charge in [-0.3, -0.25) is 4.79 Å². The van der Waals surface area contributed by atoms with Crippen LogP contribution in [0.2, 0.25) is 0 Å². The molecule has 1 aromatic carbocycles. The third-order valence-corrected chi connectivity index (χ3v) is 8.12. The Balaban J connectivity index is 1.26. The molecule has 1 aromatic rings. The molecule has 28 heavy (non-hydrogen) atoms. The van der Waals surface area contributed by atoms with E-state index in [1.54, 1.807) is 12.1 Å². The molecule has 0 aliphatic heterocycles. The van der Waals surface area contributed by atoms with Crippen molar-refractivity contribution in [3.8, 4) is 5.75 Å². The van der Waals surface area contributed by atoms with E-state index in [0.717, 1.165) is 11.8 Å². The van der Waals surface area contributed by atoms with Crippen LogP contribution in [0.3, 0.4) is 0 Å². The Kier molecular flexibility index (Phi) is 5.65. The molecule has 7 heteroatoms. The smallest absolute Gasteiger partial charge is 0.240 e. The van der Waals surface area contributed by atoms with Crippen molar-refractivity contribution in [3.05, 3.63) is 24.3 Å². The maximum absolute atomic E-state index is 12.4. The van der Waals surface area contributed by atoms with Gasteiger partial charge in [0.2, 0.25) is 15.9 Å². The fourth-order valence-electron chi connectivity index (χ4n) is 5.68. The molecule has 0 aromatic heterocycles. The topological polar surface area (TPSA) is 84.5 Å². The number of benzene rings is 1. The minimum atomic E-state index is -3.62. The van der Waals surface area contributed by atoms with Gasteiger partial charge in [-0.2, -0.15) is 0 Å². The molecule has 0 heterocycles. The maximum Gasteiger partial charge on any atom is 0.240 e. The summed E-state index contributed by atoms with van der Waals surface area (Å²) in [6, 6.07) is 6.60. The third kappa shape index (κ3) is 4.20. The third-order valence-electron chi connectivity index (χ3n) is 6.64. The zero-order chi connectivity index (χ0) is 19.7. The zero-order valence-electron chi connectivity index (χ0n) is 16.4. The molecule has 4 fully saturated rings. The van der Waals surface area contributed by atoms with Crippen LogP contribution < -0.4 is 14.8 Å². The van der Waals surface area contributed by atoms with Crippen molar-refractivity contribution in [1.29, 1.82) is 0 Å². The molecule has 154 valence electrons. The molecule has 4 aliphatic rings. The van der Waals surface area contributed by atoms with Gasteiger partial charge in [0.15, 0.2) is 0 Å². The highest BCUT2D eigenvalue weighted by molar-refractivity contribution is 7.89. The number of ether oxygens (including phenoxy) is 1. The van der Waals surface area contributed by atoms with Gasteiger partial charge in [-0.25, -0.2) is 13.1 Å². The molecule has 4 aliphatic carbocycles. The molecular weight excluding hydrogens is 376 g/mol. The van der Waals surface area contributed by atoms with E-state index in [1.165, 1.54) is 44.2 Å². The highest BCUT2D eigenvalue weighted by Crippen LogP contribution is 2.53. The molecule has 0 spiro atoms. The summed E-state index contributed by atoms with van der Waals surface area (Å²) in [6.07, 6.45) is 6.56.